The number of hydrogen-bond donors (Lipinski definition) is 1. The summed E-state index contributed by atoms with van der Waals surface area (Å²) in [6, 6.07) is 7.51. The molecule has 3 aliphatic heterocycles. The first-order valence-electron chi connectivity index (χ1n) is 9.47. The van der Waals surface area contributed by atoms with Crippen molar-refractivity contribution >= 4 is 17.8 Å². The lowest BCUT2D eigenvalue weighted by molar-refractivity contribution is -0.154. The van der Waals surface area contributed by atoms with E-state index in [0.717, 1.165) is 18.5 Å². The summed E-state index contributed by atoms with van der Waals surface area (Å²) in [6.45, 7) is 3.03. The van der Waals surface area contributed by atoms with E-state index in [-0.39, 0.29) is 30.7 Å². The van der Waals surface area contributed by atoms with E-state index < -0.39 is 11.4 Å². The number of benzene rings is 1. The number of likely N-dealkylation sites (tertiary alicyclic amines) is 2. The number of carboxylic acids is 1. The lowest BCUT2D eigenvalue weighted by Crippen LogP contribution is -2.52. The quantitative estimate of drug-likeness (QED) is 0.850. The molecule has 3 heterocycles. The maximum absolute atomic E-state index is 12.8. The van der Waals surface area contributed by atoms with Crippen LogP contribution in [-0.4, -0.2) is 77.4 Å². The number of aliphatic carboxylic acids is 1. The zero-order valence-corrected chi connectivity index (χ0v) is 15.6. The molecule has 1 aromatic carbocycles. The molecule has 0 radical (unpaired) electrons. The molecular weight excluding hydrogens is 346 g/mol. The van der Waals surface area contributed by atoms with Gasteiger partial charge in [0.2, 0.25) is 5.91 Å². The van der Waals surface area contributed by atoms with Gasteiger partial charge in [-0.1, -0.05) is 18.2 Å². The monoisotopic (exact) mass is 371 g/mol. The van der Waals surface area contributed by atoms with Gasteiger partial charge in [-0.2, -0.15) is 0 Å². The number of carboxylic acid groups (broad SMARTS) is 1. The molecule has 1 aromatic rings. The van der Waals surface area contributed by atoms with Crippen molar-refractivity contribution in [2.75, 3.05) is 39.8 Å². The van der Waals surface area contributed by atoms with Gasteiger partial charge in [0.25, 0.3) is 5.91 Å². The fraction of sp³-hybridized carbons (Fsp3) is 0.550. The van der Waals surface area contributed by atoms with E-state index in [0.29, 0.717) is 31.7 Å². The summed E-state index contributed by atoms with van der Waals surface area (Å²) < 4.78 is 0. The van der Waals surface area contributed by atoms with Crippen LogP contribution in [0.25, 0.3) is 0 Å². The molecule has 0 aromatic heterocycles. The van der Waals surface area contributed by atoms with Crippen LogP contribution in [0.3, 0.4) is 0 Å². The molecule has 2 amide bonds. The molecule has 0 saturated carbocycles. The highest BCUT2D eigenvalue weighted by atomic mass is 16.4. The predicted molar refractivity (Wildman–Crippen MR) is 98.1 cm³/mol. The van der Waals surface area contributed by atoms with E-state index in [1.54, 1.807) is 9.80 Å². The number of rotatable bonds is 4. The minimum Gasteiger partial charge on any atom is -0.481 e. The first kappa shape index (κ1) is 18.0. The highest BCUT2D eigenvalue weighted by Crippen LogP contribution is 2.42. The smallest absolute Gasteiger partial charge is 0.313 e. The summed E-state index contributed by atoms with van der Waals surface area (Å²) in [5.74, 6) is -0.888. The van der Waals surface area contributed by atoms with Crippen LogP contribution in [0.2, 0.25) is 0 Å². The van der Waals surface area contributed by atoms with E-state index in [2.05, 4.69) is 0 Å². The third kappa shape index (κ3) is 3.00. The Balaban J connectivity index is 1.39. The average Bonchev–Trinajstić information content (AvgIpc) is 3.19. The summed E-state index contributed by atoms with van der Waals surface area (Å²) in [4.78, 5) is 42.6. The Morgan fingerprint density at radius 1 is 1.26 bits per heavy atom. The van der Waals surface area contributed by atoms with E-state index >= 15 is 0 Å². The van der Waals surface area contributed by atoms with Crippen molar-refractivity contribution in [3.8, 4) is 0 Å². The van der Waals surface area contributed by atoms with E-state index in [4.69, 9.17) is 0 Å². The molecule has 7 nitrogen and oxygen atoms in total. The number of carbonyl (C=O) groups is 3. The number of fused-ring (bicyclic) bond motifs is 2. The number of hydrogen-bond acceptors (Lipinski definition) is 4. The molecule has 1 N–H and O–H groups in total. The minimum absolute atomic E-state index is 0.00724. The largest absolute Gasteiger partial charge is 0.481 e. The molecule has 27 heavy (non-hydrogen) atoms. The summed E-state index contributed by atoms with van der Waals surface area (Å²) in [5, 5.41) is 9.84. The Kier molecular flexibility index (Phi) is 4.42. The van der Waals surface area contributed by atoms with Crippen LogP contribution in [0, 0.1) is 11.3 Å². The summed E-state index contributed by atoms with van der Waals surface area (Å²) in [6.07, 6.45) is 1.03. The molecule has 0 aliphatic carbocycles. The van der Waals surface area contributed by atoms with Crippen molar-refractivity contribution in [3.05, 3.63) is 35.4 Å². The van der Waals surface area contributed by atoms with Crippen LogP contribution >= 0.6 is 0 Å². The second-order valence-electron chi connectivity index (χ2n) is 8.09. The standard InChI is InChI=1S/C20H25N3O4/c1-21-8-6-15-11-23(13-20(15,12-21)19(26)27)17(24)7-9-22-10-14-4-2-3-5-16(14)18(22)25/h2-5,15H,6-13H2,1H3,(H,26,27). The highest BCUT2D eigenvalue weighted by Gasteiger charge is 2.55. The third-order valence-corrected chi connectivity index (χ3v) is 6.38. The second kappa shape index (κ2) is 6.64. The SMILES string of the molecule is CN1CCC2CN(C(=O)CCN3Cc4ccccc4C3=O)CC2(C(=O)O)C1. The van der Waals surface area contributed by atoms with Crippen molar-refractivity contribution in [3.63, 3.8) is 0 Å². The minimum atomic E-state index is -0.859. The summed E-state index contributed by atoms with van der Waals surface area (Å²) >= 11 is 0. The van der Waals surface area contributed by atoms with Crippen LogP contribution in [-0.2, 0) is 16.1 Å². The molecule has 0 bridgehead atoms. The highest BCUT2D eigenvalue weighted by molar-refractivity contribution is 5.98. The maximum atomic E-state index is 12.8. The molecule has 144 valence electrons. The average molecular weight is 371 g/mol. The lowest BCUT2D eigenvalue weighted by atomic mass is 9.73. The predicted octanol–water partition coefficient (Wildman–Crippen LogP) is 0.897. The fourth-order valence-electron chi connectivity index (χ4n) is 4.84. The number of amides is 2. The maximum Gasteiger partial charge on any atom is 0.313 e. The second-order valence-corrected chi connectivity index (χ2v) is 8.09. The van der Waals surface area contributed by atoms with E-state index in [1.165, 1.54) is 0 Å². The van der Waals surface area contributed by atoms with Gasteiger partial charge in [0.1, 0.15) is 5.41 Å². The van der Waals surface area contributed by atoms with Gasteiger partial charge in [0, 0.05) is 44.7 Å². The van der Waals surface area contributed by atoms with Gasteiger partial charge < -0.3 is 19.8 Å². The van der Waals surface area contributed by atoms with Crippen LogP contribution in [0.15, 0.2) is 24.3 Å². The third-order valence-electron chi connectivity index (χ3n) is 6.38. The van der Waals surface area contributed by atoms with Crippen LogP contribution in [0.5, 0.6) is 0 Å². The van der Waals surface area contributed by atoms with Gasteiger partial charge in [-0.15, -0.1) is 0 Å². The topological polar surface area (TPSA) is 81.2 Å². The van der Waals surface area contributed by atoms with E-state index in [9.17, 15) is 19.5 Å². The Morgan fingerprint density at radius 2 is 2.04 bits per heavy atom. The zero-order chi connectivity index (χ0) is 19.2. The van der Waals surface area contributed by atoms with Gasteiger partial charge in [-0.25, -0.2) is 0 Å². The normalized spacial score (nSPS) is 27.6. The number of nitrogens with zero attached hydrogens (tertiary/aromatic N) is 3. The molecule has 0 spiro atoms. The van der Waals surface area contributed by atoms with E-state index in [1.807, 2.05) is 36.2 Å². The van der Waals surface area contributed by atoms with Gasteiger partial charge in [-0.3, -0.25) is 14.4 Å². The Hall–Kier alpha value is -2.41. The lowest BCUT2D eigenvalue weighted by Gasteiger charge is -2.39. The molecule has 2 fully saturated rings. The van der Waals surface area contributed by atoms with Crippen molar-refractivity contribution < 1.29 is 19.5 Å². The van der Waals surface area contributed by atoms with Crippen molar-refractivity contribution in [2.24, 2.45) is 11.3 Å². The van der Waals surface area contributed by atoms with Gasteiger partial charge in [0.05, 0.1) is 0 Å². The summed E-state index contributed by atoms with van der Waals surface area (Å²) in [7, 11) is 1.93. The van der Waals surface area contributed by atoms with Crippen molar-refractivity contribution in [1.82, 2.24) is 14.7 Å². The van der Waals surface area contributed by atoms with Gasteiger partial charge >= 0.3 is 5.97 Å². The molecule has 2 unspecified atom stereocenters. The zero-order valence-electron chi connectivity index (χ0n) is 15.6. The molecule has 4 rings (SSSR count). The number of carbonyl (C=O) groups excluding carboxylic acids is 2. The van der Waals surface area contributed by atoms with Gasteiger partial charge in [-0.05, 0) is 37.6 Å². The fourth-order valence-corrected chi connectivity index (χ4v) is 4.84. The van der Waals surface area contributed by atoms with Crippen molar-refractivity contribution in [1.29, 1.82) is 0 Å². The first-order valence-corrected chi connectivity index (χ1v) is 9.47. The Morgan fingerprint density at radius 3 is 2.78 bits per heavy atom. The molecule has 2 saturated heterocycles. The van der Waals surface area contributed by atoms with Crippen molar-refractivity contribution in [2.45, 2.75) is 19.4 Å². The van der Waals surface area contributed by atoms with Gasteiger partial charge in [0.15, 0.2) is 0 Å². The molecular formula is C20H25N3O4. The molecule has 3 aliphatic rings. The summed E-state index contributed by atoms with van der Waals surface area (Å²) in [5.41, 5.74) is 0.850. The number of piperidine rings is 1. The first-order chi connectivity index (χ1) is 12.9. The molecule has 2 atom stereocenters. The van der Waals surface area contributed by atoms with Crippen LogP contribution in [0.1, 0.15) is 28.8 Å². The Labute approximate surface area is 158 Å². The molecule has 7 heteroatoms. The van der Waals surface area contributed by atoms with Crippen LogP contribution < -0.4 is 0 Å². The Bertz CT molecular complexity index is 795. The van der Waals surface area contributed by atoms with Crippen LogP contribution in [0.4, 0.5) is 0 Å².